The highest BCUT2D eigenvalue weighted by atomic mass is 16.6. The molecule has 2 aromatic rings. The number of rotatable bonds is 4. The zero-order valence-corrected chi connectivity index (χ0v) is 10.0. The molecule has 92 valence electrons. The fourth-order valence-electron chi connectivity index (χ4n) is 1.71. The highest BCUT2D eigenvalue weighted by molar-refractivity contribution is 5.98. The summed E-state index contributed by atoms with van der Waals surface area (Å²) in [6.07, 6.45) is -1.40. The lowest BCUT2D eigenvalue weighted by Crippen LogP contribution is -2.22. The predicted molar refractivity (Wildman–Crippen MR) is 69.2 cm³/mol. The van der Waals surface area contributed by atoms with E-state index in [-0.39, 0.29) is 0 Å². The molecule has 2 aromatic carbocycles. The molecule has 0 aromatic heterocycles. The second-order valence-electron chi connectivity index (χ2n) is 3.90. The Morgan fingerprint density at radius 2 is 1.56 bits per heavy atom. The molecule has 0 aliphatic heterocycles. The quantitative estimate of drug-likeness (QED) is 0.662. The molecule has 3 nitrogen and oxygen atoms in total. The molecule has 3 heteroatoms. The number of aliphatic hydroxyl groups excluding tert-OH is 1. The van der Waals surface area contributed by atoms with E-state index in [1.165, 1.54) is 7.11 Å². The molecule has 0 saturated heterocycles. The number of hydrogen-bond donors (Lipinski definition) is 1. The van der Waals surface area contributed by atoms with Crippen LogP contribution >= 0.6 is 0 Å². The van der Waals surface area contributed by atoms with Gasteiger partial charge in [0.15, 0.2) is 0 Å². The molecule has 0 amide bonds. The number of carbonyl (C=O) groups excluding carboxylic acids is 1. The molecule has 0 aliphatic rings. The van der Waals surface area contributed by atoms with Crippen LogP contribution in [0.2, 0.25) is 0 Å². The lowest BCUT2D eigenvalue weighted by atomic mass is 10.0. The van der Waals surface area contributed by atoms with Crippen molar-refractivity contribution in [3.63, 3.8) is 0 Å². The number of benzene rings is 2. The van der Waals surface area contributed by atoms with Crippen LogP contribution in [0.3, 0.4) is 0 Å². The minimum absolute atomic E-state index is 0.433. The first kappa shape index (κ1) is 12.5. The Labute approximate surface area is 106 Å². The predicted octanol–water partition coefficient (Wildman–Crippen LogP) is 2.50. The molecule has 0 spiro atoms. The number of ether oxygens (including phenoxy) is 1. The van der Waals surface area contributed by atoms with Crippen molar-refractivity contribution >= 4 is 5.78 Å². The molecule has 0 aliphatic carbocycles. The Morgan fingerprint density at radius 1 is 1.00 bits per heavy atom. The van der Waals surface area contributed by atoms with Crippen molar-refractivity contribution in [2.75, 3.05) is 7.11 Å². The van der Waals surface area contributed by atoms with Crippen molar-refractivity contribution in [3.8, 4) is 11.1 Å². The van der Waals surface area contributed by atoms with Gasteiger partial charge in [-0.05, 0) is 11.1 Å². The molecule has 0 heterocycles. The number of Topliss-reactive ketones (excluding diaryl/α,β-unsaturated/α-hetero) is 1. The van der Waals surface area contributed by atoms with Gasteiger partial charge in [0.2, 0.25) is 12.1 Å². The Hall–Kier alpha value is -1.97. The van der Waals surface area contributed by atoms with Gasteiger partial charge < -0.3 is 9.84 Å². The van der Waals surface area contributed by atoms with Gasteiger partial charge in [-0.3, -0.25) is 4.79 Å². The van der Waals surface area contributed by atoms with E-state index in [9.17, 15) is 9.90 Å². The van der Waals surface area contributed by atoms with Gasteiger partial charge in [-0.25, -0.2) is 0 Å². The largest absolute Gasteiger partial charge is 0.362 e. The van der Waals surface area contributed by atoms with Crippen molar-refractivity contribution < 1.29 is 14.6 Å². The maximum absolute atomic E-state index is 11.6. The van der Waals surface area contributed by atoms with E-state index < -0.39 is 12.1 Å². The van der Waals surface area contributed by atoms with Crippen LogP contribution in [0, 0.1) is 0 Å². The van der Waals surface area contributed by atoms with E-state index in [1.807, 2.05) is 42.5 Å². The van der Waals surface area contributed by atoms with Gasteiger partial charge in [0.25, 0.3) is 0 Å². The molecule has 1 atom stereocenters. The van der Waals surface area contributed by atoms with Crippen LogP contribution in [0.5, 0.6) is 0 Å². The second kappa shape index (κ2) is 5.58. The van der Waals surface area contributed by atoms with E-state index >= 15 is 0 Å². The zero-order valence-electron chi connectivity index (χ0n) is 10.0. The first-order valence-corrected chi connectivity index (χ1v) is 5.63. The van der Waals surface area contributed by atoms with E-state index in [0.717, 1.165) is 11.1 Å². The maximum atomic E-state index is 11.6. The van der Waals surface area contributed by atoms with Crippen LogP contribution in [0.1, 0.15) is 10.4 Å². The van der Waals surface area contributed by atoms with Crippen LogP contribution in [-0.4, -0.2) is 24.3 Å². The summed E-state index contributed by atoms with van der Waals surface area (Å²) in [6, 6.07) is 17.0. The topological polar surface area (TPSA) is 46.5 Å². The van der Waals surface area contributed by atoms with E-state index in [0.29, 0.717) is 5.56 Å². The van der Waals surface area contributed by atoms with Gasteiger partial charge in [0.05, 0.1) is 0 Å². The number of hydrogen-bond acceptors (Lipinski definition) is 3. The van der Waals surface area contributed by atoms with Crippen LogP contribution in [0.25, 0.3) is 11.1 Å². The molecule has 1 N–H and O–H groups in total. The molecule has 0 saturated carbocycles. The fraction of sp³-hybridized carbons (Fsp3) is 0.133. The molecule has 18 heavy (non-hydrogen) atoms. The van der Waals surface area contributed by atoms with Crippen LogP contribution in [-0.2, 0) is 4.74 Å². The first-order chi connectivity index (χ1) is 8.72. The fourth-order valence-corrected chi connectivity index (χ4v) is 1.71. The monoisotopic (exact) mass is 242 g/mol. The highest BCUT2D eigenvalue weighted by Crippen LogP contribution is 2.19. The molecule has 0 radical (unpaired) electrons. The van der Waals surface area contributed by atoms with Gasteiger partial charge in [0, 0.05) is 12.7 Å². The minimum Gasteiger partial charge on any atom is -0.362 e. The minimum atomic E-state index is -1.40. The number of carbonyl (C=O) groups is 1. The second-order valence-corrected chi connectivity index (χ2v) is 3.90. The summed E-state index contributed by atoms with van der Waals surface area (Å²) in [5.41, 5.74) is 2.55. The normalized spacial score (nSPS) is 12.1. The first-order valence-electron chi connectivity index (χ1n) is 5.63. The van der Waals surface area contributed by atoms with E-state index in [1.54, 1.807) is 12.1 Å². The summed E-state index contributed by atoms with van der Waals surface area (Å²) in [4.78, 5) is 11.6. The summed E-state index contributed by atoms with van der Waals surface area (Å²) in [6.45, 7) is 0. The standard InChI is InChI=1S/C15H14O3/c1-18-15(17)14(16)13-9-7-12(8-10-13)11-5-3-2-4-6-11/h2-10,15,17H,1H3/t15-/m1/s1. The van der Waals surface area contributed by atoms with Gasteiger partial charge >= 0.3 is 0 Å². The van der Waals surface area contributed by atoms with Crippen molar-refractivity contribution in [2.45, 2.75) is 6.29 Å². The van der Waals surface area contributed by atoms with Crippen LogP contribution in [0.4, 0.5) is 0 Å². The molecule has 0 fully saturated rings. The van der Waals surface area contributed by atoms with Crippen LogP contribution in [0.15, 0.2) is 54.6 Å². The third-order valence-corrected chi connectivity index (χ3v) is 2.72. The van der Waals surface area contributed by atoms with Crippen molar-refractivity contribution in [1.82, 2.24) is 0 Å². The Balaban J connectivity index is 2.23. The van der Waals surface area contributed by atoms with Gasteiger partial charge in [-0.2, -0.15) is 0 Å². The number of ketones is 1. The molecular formula is C15H14O3. The third kappa shape index (κ3) is 2.64. The zero-order chi connectivity index (χ0) is 13.0. The average molecular weight is 242 g/mol. The van der Waals surface area contributed by atoms with E-state index in [2.05, 4.69) is 4.74 Å². The average Bonchev–Trinajstić information content (AvgIpc) is 2.47. The highest BCUT2D eigenvalue weighted by Gasteiger charge is 2.15. The van der Waals surface area contributed by atoms with Gasteiger partial charge in [-0.15, -0.1) is 0 Å². The van der Waals surface area contributed by atoms with Crippen LogP contribution < -0.4 is 0 Å². The molecule has 0 bridgehead atoms. The van der Waals surface area contributed by atoms with E-state index in [4.69, 9.17) is 0 Å². The van der Waals surface area contributed by atoms with Crippen molar-refractivity contribution in [2.24, 2.45) is 0 Å². The molecule has 2 rings (SSSR count). The summed E-state index contributed by atoms with van der Waals surface area (Å²) >= 11 is 0. The van der Waals surface area contributed by atoms with Crippen molar-refractivity contribution in [3.05, 3.63) is 60.2 Å². The van der Waals surface area contributed by atoms with Gasteiger partial charge in [0.1, 0.15) is 0 Å². The third-order valence-electron chi connectivity index (χ3n) is 2.72. The number of aliphatic hydroxyl groups is 1. The Kier molecular flexibility index (Phi) is 3.87. The molecular weight excluding hydrogens is 228 g/mol. The summed E-state index contributed by atoms with van der Waals surface area (Å²) < 4.78 is 4.59. The SMILES string of the molecule is CO[C@@H](O)C(=O)c1ccc(-c2ccccc2)cc1. The van der Waals surface area contributed by atoms with Gasteiger partial charge in [-0.1, -0.05) is 54.6 Å². The summed E-state index contributed by atoms with van der Waals surface area (Å²) in [7, 11) is 1.29. The Morgan fingerprint density at radius 3 is 2.11 bits per heavy atom. The lowest BCUT2D eigenvalue weighted by Gasteiger charge is -2.08. The molecule has 0 unspecified atom stereocenters. The Bertz CT molecular complexity index is 517. The smallest absolute Gasteiger partial charge is 0.219 e. The van der Waals surface area contributed by atoms with Crippen molar-refractivity contribution in [1.29, 1.82) is 0 Å². The summed E-state index contributed by atoms with van der Waals surface area (Å²) in [5.74, 6) is -0.433. The summed E-state index contributed by atoms with van der Waals surface area (Å²) in [5, 5.41) is 9.29. The lowest BCUT2D eigenvalue weighted by molar-refractivity contribution is -0.0483. The maximum Gasteiger partial charge on any atom is 0.219 e. The number of methoxy groups -OCH3 is 1.